The molecular weight excluding hydrogens is 260 g/mol. The molecule has 0 aromatic carbocycles. The van der Waals surface area contributed by atoms with Crippen molar-refractivity contribution in [1.29, 1.82) is 0 Å². The van der Waals surface area contributed by atoms with Crippen LogP contribution in [0.25, 0.3) is 0 Å². The topological polar surface area (TPSA) is 72.2 Å². The molecule has 0 saturated heterocycles. The molecule has 1 N–H and O–H groups in total. The molecule has 17 heavy (non-hydrogen) atoms. The lowest BCUT2D eigenvalue weighted by Crippen LogP contribution is -2.18. The van der Waals surface area contributed by atoms with E-state index in [1.54, 1.807) is 18.6 Å². The van der Waals surface area contributed by atoms with Crippen LogP contribution in [0.3, 0.4) is 0 Å². The normalized spacial score (nSPS) is 10.4. The Kier molecular flexibility index (Phi) is 3.30. The highest BCUT2D eigenvalue weighted by molar-refractivity contribution is 7.99. The minimum Gasteiger partial charge on any atom is -0.477 e. The molecule has 0 bridgehead atoms. The summed E-state index contributed by atoms with van der Waals surface area (Å²) in [5.74, 6) is -0.962. The SMILES string of the molecule is Cn1ccnc(Sc2csc(C(=O)O)c2)c1=O. The quantitative estimate of drug-likeness (QED) is 0.917. The van der Waals surface area contributed by atoms with Gasteiger partial charge in [-0.05, 0) is 6.07 Å². The molecule has 2 aromatic heterocycles. The van der Waals surface area contributed by atoms with Crippen molar-refractivity contribution in [2.45, 2.75) is 9.92 Å². The zero-order valence-electron chi connectivity index (χ0n) is 8.78. The fraction of sp³-hybridized carbons (Fsp3) is 0.100. The molecule has 0 fully saturated rings. The van der Waals surface area contributed by atoms with E-state index in [2.05, 4.69) is 4.98 Å². The second-order valence-electron chi connectivity index (χ2n) is 3.20. The zero-order chi connectivity index (χ0) is 12.4. The van der Waals surface area contributed by atoms with Crippen LogP contribution in [-0.2, 0) is 7.05 Å². The highest BCUT2D eigenvalue weighted by Gasteiger charge is 2.10. The Balaban J connectivity index is 2.28. The van der Waals surface area contributed by atoms with E-state index in [4.69, 9.17) is 5.11 Å². The fourth-order valence-electron chi connectivity index (χ4n) is 1.14. The number of hydrogen-bond acceptors (Lipinski definition) is 5. The highest BCUT2D eigenvalue weighted by atomic mass is 32.2. The number of hydrogen-bond donors (Lipinski definition) is 1. The van der Waals surface area contributed by atoms with Crippen molar-refractivity contribution >= 4 is 29.1 Å². The van der Waals surface area contributed by atoms with Gasteiger partial charge in [-0.1, -0.05) is 11.8 Å². The van der Waals surface area contributed by atoms with E-state index in [0.717, 1.165) is 11.3 Å². The van der Waals surface area contributed by atoms with E-state index in [1.165, 1.54) is 28.6 Å². The van der Waals surface area contributed by atoms with Crippen molar-refractivity contribution in [3.63, 3.8) is 0 Å². The Morgan fingerprint density at radius 3 is 3.00 bits per heavy atom. The maximum absolute atomic E-state index is 11.7. The monoisotopic (exact) mass is 268 g/mol. The Morgan fingerprint density at radius 2 is 2.35 bits per heavy atom. The van der Waals surface area contributed by atoms with Crippen LogP contribution in [0.2, 0.25) is 0 Å². The molecule has 2 aromatic rings. The van der Waals surface area contributed by atoms with Gasteiger partial charge in [0.1, 0.15) is 4.88 Å². The van der Waals surface area contributed by atoms with Gasteiger partial charge in [0.05, 0.1) is 0 Å². The van der Waals surface area contributed by atoms with Crippen LogP contribution in [0.5, 0.6) is 0 Å². The molecule has 0 radical (unpaired) electrons. The second-order valence-corrected chi connectivity index (χ2v) is 5.18. The first-order valence-electron chi connectivity index (χ1n) is 4.59. The van der Waals surface area contributed by atoms with Crippen LogP contribution >= 0.6 is 23.1 Å². The third kappa shape index (κ3) is 2.56. The van der Waals surface area contributed by atoms with Crippen LogP contribution in [0, 0.1) is 0 Å². The molecule has 0 spiro atoms. The zero-order valence-corrected chi connectivity index (χ0v) is 10.4. The molecule has 0 saturated carbocycles. The molecule has 0 unspecified atom stereocenters. The molecule has 0 aliphatic heterocycles. The lowest BCUT2D eigenvalue weighted by atomic mass is 10.5. The lowest BCUT2D eigenvalue weighted by molar-refractivity contribution is 0.0702. The number of aryl methyl sites for hydroxylation is 1. The third-order valence-electron chi connectivity index (χ3n) is 1.99. The lowest BCUT2D eigenvalue weighted by Gasteiger charge is -1.99. The van der Waals surface area contributed by atoms with Crippen molar-refractivity contribution in [1.82, 2.24) is 9.55 Å². The van der Waals surface area contributed by atoms with Gasteiger partial charge in [0.25, 0.3) is 5.56 Å². The van der Waals surface area contributed by atoms with E-state index >= 15 is 0 Å². The van der Waals surface area contributed by atoms with Gasteiger partial charge >= 0.3 is 5.97 Å². The fourth-order valence-corrected chi connectivity index (χ4v) is 2.90. The maximum atomic E-state index is 11.7. The summed E-state index contributed by atoms with van der Waals surface area (Å²) in [4.78, 5) is 27.3. The summed E-state index contributed by atoms with van der Waals surface area (Å²) in [6, 6.07) is 1.53. The van der Waals surface area contributed by atoms with Gasteiger partial charge in [0.2, 0.25) is 0 Å². The summed E-state index contributed by atoms with van der Waals surface area (Å²) >= 11 is 2.30. The summed E-state index contributed by atoms with van der Waals surface area (Å²) in [7, 11) is 1.64. The van der Waals surface area contributed by atoms with Gasteiger partial charge in [0.15, 0.2) is 5.03 Å². The molecule has 2 rings (SSSR count). The van der Waals surface area contributed by atoms with E-state index in [0.29, 0.717) is 9.92 Å². The van der Waals surface area contributed by atoms with Gasteiger partial charge in [-0.2, -0.15) is 0 Å². The molecule has 7 heteroatoms. The van der Waals surface area contributed by atoms with Crippen molar-refractivity contribution in [3.05, 3.63) is 39.1 Å². The summed E-state index contributed by atoms with van der Waals surface area (Å²) in [6.45, 7) is 0. The number of thiophene rings is 1. The number of aromatic carboxylic acids is 1. The smallest absolute Gasteiger partial charge is 0.345 e. The molecule has 2 heterocycles. The van der Waals surface area contributed by atoms with Crippen molar-refractivity contribution in [2.75, 3.05) is 0 Å². The average Bonchev–Trinajstić information content (AvgIpc) is 2.73. The van der Waals surface area contributed by atoms with Crippen molar-refractivity contribution in [2.24, 2.45) is 7.05 Å². The van der Waals surface area contributed by atoms with Gasteiger partial charge < -0.3 is 9.67 Å². The molecule has 0 aliphatic carbocycles. The Hall–Kier alpha value is -1.60. The predicted molar refractivity (Wildman–Crippen MR) is 64.9 cm³/mol. The largest absolute Gasteiger partial charge is 0.477 e. The first-order valence-corrected chi connectivity index (χ1v) is 6.29. The number of rotatable bonds is 3. The van der Waals surface area contributed by atoms with Crippen molar-refractivity contribution < 1.29 is 9.90 Å². The maximum Gasteiger partial charge on any atom is 0.345 e. The minimum atomic E-state index is -0.962. The summed E-state index contributed by atoms with van der Waals surface area (Å²) in [5, 5.41) is 10.8. The molecular formula is C10H8N2O3S2. The molecule has 0 atom stereocenters. The number of carboxylic acids is 1. The van der Waals surface area contributed by atoms with E-state index in [1.807, 2.05) is 0 Å². The number of aromatic nitrogens is 2. The standard InChI is InChI=1S/C10H8N2O3S2/c1-12-3-2-11-8(9(12)13)17-6-4-7(10(14)15)16-5-6/h2-5H,1H3,(H,14,15). The Morgan fingerprint density at radius 1 is 1.59 bits per heavy atom. The summed E-state index contributed by atoms with van der Waals surface area (Å²) in [5.41, 5.74) is -0.194. The van der Waals surface area contributed by atoms with Gasteiger partial charge in [0, 0.05) is 29.7 Å². The first kappa shape index (κ1) is 11.9. The predicted octanol–water partition coefficient (Wildman–Crippen LogP) is 1.69. The van der Waals surface area contributed by atoms with Crippen molar-refractivity contribution in [3.8, 4) is 0 Å². The van der Waals surface area contributed by atoms with Crippen LogP contribution in [0.15, 0.2) is 38.6 Å². The Labute approximate surface area is 105 Å². The molecule has 88 valence electrons. The number of carbonyl (C=O) groups is 1. The van der Waals surface area contributed by atoms with E-state index < -0.39 is 5.97 Å². The Bertz CT molecular complexity index is 618. The molecule has 5 nitrogen and oxygen atoms in total. The van der Waals surface area contributed by atoms with Crippen LogP contribution < -0.4 is 5.56 Å². The number of carboxylic acid groups (broad SMARTS) is 1. The highest BCUT2D eigenvalue weighted by Crippen LogP contribution is 2.28. The average molecular weight is 268 g/mol. The van der Waals surface area contributed by atoms with Crippen LogP contribution in [0.1, 0.15) is 9.67 Å². The van der Waals surface area contributed by atoms with Gasteiger partial charge in [-0.25, -0.2) is 9.78 Å². The summed E-state index contributed by atoms with van der Waals surface area (Å²) < 4.78 is 1.43. The summed E-state index contributed by atoms with van der Waals surface area (Å²) in [6.07, 6.45) is 3.11. The third-order valence-corrected chi connectivity index (χ3v) is 4.00. The van der Waals surface area contributed by atoms with Gasteiger partial charge in [-0.3, -0.25) is 4.79 Å². The van der Waals surface area contributed by atoms with Crippen LogP contribution in [-0.4, -0.2) is 20.6 Å². The molecule has 0 aliphatic rings. The van der Waals surface area contributed by atoms with E-state index in [-0.39, 0.29) is 10.4 Å². The van der Waals surface area contributed by atoms with Crippen LogP contribution in [0.4, 0.5) is 0 Å². The minimum absolute atomic E-state index is 0.194. The van der Waals surface area contributed by atoms with Gasteiger partial charge in [-0.15, -0.1) is 11.3 Å². The second kappa shape index (κ2) is 4.72. The number of nitrogens with zero attached hydrogens (tertiary/aromatic N) is 2. The molecule has 0 amide bonds. The first-order chi connectivity index (χ1) is 8.08. The van der Waals surface area contributed by atoms with E-state index in [9.17, 15) is 9.59 Å².